The Labute approximate surface area is 186 Å². The first-order chi connectivity index (χ1) is 14.3. The molecule has 0 aliphatic carbocycles. The average Bonchev–Trinajstić information content (AvgIpc) is 3.24. The molecule has 1 aromatic carbocycles. The van der Waals surface area contributed by atoms with Crippen molar-refractivity contribution in [1.29, 1.82) is 0 Å². The summed E-state index contributed by atoms with van der Waals surface area (Å²) in [4.78, 5) is 11.9. The Balaban J connectivity index is 1.76. The minimum absolute atomic E-state index is 0.0507. The van der Waals surface area contributed by atoms with Gasteiger partial charge in [0.2, 0.25) is 10.0 Å². The second kappa shape index (κ2) is 8.23. The number of nitrogens with one attached hydrogen (secondary N) is 1. The minimum Gasteiger partial charge on any atom is -0.493 e. The van der Waals surface area contributed by atoms with Gasteiger partial charge in [-0.3, -0.25) is 0 Å². The molecule has 0 spiro atoms. The summed E-state index contributed by atoms with van der Waals surface area (Å²) in [6.07, 6.45) is 0.272. The predicted molar refractivity (Wildman–Crippen MR) is 118 cm³/mol. The number of ether oxygens (including phenoxy) is 1. The van der Waals surface area contributed by atoms with Gasteiger partial charge in [0.05, 0.1) is 12.4 Å². The van der Waals surface area contributed by atoms with Crippen molar-refractivity contribution >= 4 is 49.6 Å². The molecule has 3 N–H and O–H groups in total. The number of sulfonamides is 1. The summed E-state index contributed by atoms with van der Waals surface area (Å²) >= 11 is 2.26. The number of nitrogens with zero attached hydrogens (tertiary/aromatic N) is 4. The van der Waals surface area contributed by atoms with E-state index >= 15 is 0 Å². The highest BCUT2D eigenvalue weighted by Crippen LogP contribution is 2.31. The zero-order valence-electron chi connectivity index (χ0n) is 16.2. The molecule has 12 heteroatoms. The second-order valence-electron chi connectivity index (χ2n) is 6.87. The molecule has 0 radical (unpaired) electrons. The Morgan fingerprint density at radius 3 is 2.90 bits per heavy atom. The number of benzene rings is 1. The van der Waals surface area contributed by atoms with Crippen LogP contribution in [0.3, 0.4) is 0 Å². The first-order valence-electron chi connectivity index (χ1n) is 9.37. The summed E-state index contributed by atoms with van der Waals surface area (Å²) in [6, 6.07) is 4.05. The predicted octanol–water partition coefficient (Wildman–Crippen LogP) is 1.62. The molecule has 0 unspecified atom stereocenters. The summed E-state index contributed by atoms with van der Waals surface area (Å²) in [5.41, 5.74) is 8.40. The zero-order valence-corrected chi connectivity index (χ0v) is 19.1. The third-order valence-corrected chi connectivity index (χ3v) is 7.28. The van der Waals surface area contributed by atoms with E-state index in [1.165, 1.54) is 0 Å². The van der Waals surface area contributed by atoms with Crippen LogP contribution in [0.2, 0.25) is 0 Å². The smallest absolute Gasteiger partial charge is 0.312 e. The van der Waals surface area contributed by atoms with E-state index in [-0.39, 0.29) is 35.8 Å². The fourth-order valence-corrected chi connectivity index (χ4v) is 5.19. The largest absolute Gasteiger partial charge is 0.493 e. The van der Waals surface area contributed by atoms with Crippen molar-refractivity contribution in [3.63, 3.8) is 0 Å². The van der Waals surface area contributed by atoms with Crippen molar-refractivity contribution in [2.24, 2.45) is 0 Å². The van der Waals surface area contributed by atoms with Gasteiger partial charge in [0.1, 0.15) is 11.6 Å². The maximum Gasteiger partial charge on any atom is 0.312 e. The SMILES string of the molecule is CCNS(=O)(=O)CCn1c(Cc2cc3c(cc2I)CCO3)nc2c(N)nc(F)nc21. The number of aryl methyl sites for hydroxylation is 1. The van der Waals surface area contributed by atoms with Gasteiger partial charge < -0.3 is 15.0 Å². The lowest BCUT2D eigenvalue weighted by atomic mass is 10.1. The van der Waals surface area contributed by atoms with Crippen molar-refractivity contribution in [1.82, 2.24) is 24.2 Å². The fourth-order valence-electron chi connectivity index (χ4n) is 3.46. The molecule has 4 rings (SSSR count). The maximum atomic E-state index is 13.8. The molecule has 2 aromatic heterocycles. The van der Waals surface area contributed by atoms with E-state index in [9.17, 15) is 12.8 Å². The number of anilines is 1. The van der Waals surface area contributed by atoms with Gasteiger partial charge in [-0.05, 0) is 45.9 Å². The van der Waals surface area contributed by atoms with Gasteiger partial charge in [0.15, 0.2) is 17.0 Å². The molecule has 0 atom stereocenters. The van der Waals surface area contributed by atoms with E-state index in [4.69, 9.17) is 10.5 Å². The first-order valence-corrected chi connectivity index (χ1v) is 12.1. The van der Waals surface area contributed by atoms with Gasteiger partial charge in [0.25, 0.3) is 0 Å². The molecule has 0 fully saturated rings. The highest BCUT2D eigenvalue weighted by Gasteiger charge is 2.21. The quantitative estimate of drug-likeness (QED) is 0.341. The lowest BCUT2D eigenvalue weighted by molar-refractivity contribution is 0.356. The summed E-state index contributed by atoms with van der Waals surface area (Å²) in [5, 5.41) is 0. The van der Waals surface area contributed by atoms with E-state index in [1.807, 2.05) is 6.07 Å². The number of rotatable bonds is 7. The summed E-state index contributed by atoms with van der Waals surface area (Å²) in [6.45, 7) is 2.70. The Morgan fingerprint density at radius 2 is 2.13 bits per heavy atom. The molecule has 3 aromatic rings. The van der Waals surface area contributed by atoms with Gasteiger partial charge >= 0.3 is 6.08 Å². The number of nitrogens with two attached hydrogens (primary N) is 1. The van der Waals surface area contributed by atoms with E-state index in [0.717, 1.165) is 26.9 Å². The van der Waals surface area contributed by atoms with Crippen LogP contribution >= 0.6 is 22.6 Å². The lowest BCUT2D eigenvalue weighted by Gasteiger charge is -2.11. The third kappa shape index (κ3) is 4.21. The number of hydrogen-bond acceptors (Lipinski definition) is 7. The summed E-state index contributed by atoms with van der Waals surface area (Å²) in [7, 11) is -3.49. The van der Waals surface area contributed by atoms with Gasteiger partial charge in [-0.1, -0.05) is 6.92 Å². The normalized spacial score (nSPS) is 13.6. The van der Waals surface area contributed by atoms with Crippen molar-refractivity contribution in [3.8, 4) is 5.75 Å². The standard InChI is InChI=1S/C18H20FIN6O3S/c1-2-22-30(27,28)6-4-26-14(23-15-16(21)24-18(19)25-17(15)26)9-11-8-13-10(3-5-29-13)7-12(11)20/h7-8,22H,2-6,9H2,1H3,(H2,21,24,25). The van der Waals surface area contributed by atoms with Crippen LogP contribution < -0.4 is 15.2 Å². The maximum absolute atomic E-state index is 13.8. The van der Waals surface area contributed by atoms with Gasteiger partial charge in [-0.15, -0.1) is 0 Å². The molecule has 160 valence electrons. The topological polar surface area (TPSA) is 125 Å². The first kappa shape index (κ1) is 21.2. The van der Waals surface area contributed by atoms with Crippen LogP contribution in [0.25, 0.3) is 11.2 Å². The second-order valence-corrected chi connectivity index (χ2v) is 9.96. The molecule has 1 aliphatic rings. The molecule has 0 bridgehead atoms. The molecule has 1 aliphatic heterocycles. The summed E-state index contributed by atoms with van der Waals surface area (Å²) < 4.78 is 48.9. The zero-order chi connectivity index (χ0) is 21.5. The molecule has 0 amide bonds. The number of imidazole rings is 1. The molecule has 0 saturated heterocycles. The monoisotopic (exact) mass is 546 g/mol. The third-order valence-electron chi connectivity index (χ3n) is 4.83. The van der Waals surface area contributed by atoms with E-state index in [0.29, 0.717) is 18.9 Å². The van der Waals surface area contributed by atoms with E-state index in [1.54, 1.807) is 11.5 Å². The van der Waals surface area contributed by atoms with E-state index < -0.39 is 16.1 Å². The number of fused-ring (bicyclic) bond motifs is 2. The lowest BCUT2D eigenvalue weighted by Crippen LogP contribution is -2.28. The van der Waals surface area contributed by atoms with Crippen molar-refractivity contribution in [3.05, 3.63) is 38.7 Å². The van der Waals surface area contributed by atoms with Crippen molar-refractivity contribution in [2.75, 3.05) is 24.6 Å². The highest BCUT2D eigenvalue weighted by molar-refractivity contribution is 14.1. The Morgan fingerprint density at radius 1 is 1.33 bits per heavy atom. The molecule has 9 nitrogen and oxygen atoms in total. The van der Waals surface area contributed by atoms with Crippen molar-refractivity contribution < 1.29 is 17.5 Å². The van der Waals surface area contributed by atoms with Gasteiger partial charge in [-0.25, -0.2) is 18.1 Å². The van der Waals surface area contributed by atoms with Crippen LogP contribution in [0.4, 0.5) is 10.2 Å². The van der Waals surface area contributed by atoms with Crippen LogP contribution in [-0.4, -0.2) is 46.8 Å². The van der Waals surface area contributed by atoms with Crippen LogP contribution in [0.1, 0.15) is 23.9 Å². The summed E-state index contributed by atoms with van der Waals surface area (Å²) in [5.74, 6) is 1.08. The number of hydrogen-bond donors (Lipinski definition) is 2. The van der Waals surface area contributed by atoms with Gasteiger partial charge in [-0.2, -0.15) is 14.4 Å². The molecule has 0 saturated carbocycles. The Hall–Kier alpha value is -2.06. The average molecular weight is 546 g/mol. The Kier molecular flexibility index (Phi) is 5.81. The number of aromatic nitrogens is 4. The van der Waals surface area contributed by atoms with Crippen LogP contribution in [0, 0.1) is 9.65 Å². The van der Waals surface area contributed by atoms with Gasteiger partial charge in [0, 0.05) is 29.5 Å². The molecular weight excluding hydrogens is 526 g/mol. The van der Waals surface area contributed by atoms with E-state index in [2.05, 4.69) is 48.3 Å². The van der Waals surface area contributed by atoms with Crippen LogP contribution in [0.5, 0.6) is 5.75 Å². The number of halogens is 2. The minimum atomic E-state index is -3.49. The van der Waals surface area contributed by atoms with Crippen molar-refractivity contribution in [2.45, 2.75) is 26.3 Å². The van der Waals surface area contributed by atoms with Crippen LogP contribution in [0.15, 0.2) is 12.1 Å². The Bertz CT molecular complexity index is 1230. The van der Waals surface area contributed by atoms with Crippen LogP contribution in [-0.2, 0) is 29.4 Å². The molecule has 30 heavy (non-hydrogen) atoms. The number of nitrogen functional groups attached to an aromatic ring is 1. The molecular formula is C18H20FIN6O3S. The highest BCUT2D eigenvalue weighted by atomic mass is 127. The molecule has 3 heterocycles. The fraction of sp³-hybridized carbons (Fsp3) is 0.389.